The van der Waals surface area contributed by atoms with Gasteiger partial charge in [-0.2, -0.15) is 0 Å². The van der Waals surface area contributed by atoms with Gasteiger partial charge in [0.15, 0.2) is 0 Å². The van der Waals surface area contributed by atoms with E-state index in [0.717, 1.165) is 20.9 Å². The lowest BCUT2D eigenvalue weighted by Crippen LogP contribution is -2.61. The van der Waals surface area contributed by atoms with Crippen molar-refractivity contribution in [3.8, 4) is 5.75 Å². The van der Waals surface area contributed by atoms with Gasteiger partial charge in [-0.3, -0.25) is 19.2 Å². The van der Waals surface area contributed by atoms with Gasteiger partial charge in [0.1, 0.15) is 5.75 Å². The second-order valence-corrected chi connectivity index (χ2v) is 14.2. The topological polar surface area (TPSA) is 101 Å². The summed E-state index contributed by atoms with van der Waals surface area (Å²) >= 11 is 7.04. The number of allylic oxidation sites excluding steroid dienone is 1. The second-order valence-electron chi connectivity index (χ2n) is 12.5. The third kappa shape index (κ3) is 4.04. The van der Waals surface area contributed by atoms with E-state index in [0.29, 0.717) is 31.6 Å². The van der Waals surface area contributed by atoms with Crippen LogP contribution in [0.15, 0.2) is 86.8 Å². The molecule has 8 rings (SSSR count). The Bertz CT molecular complexity index is 1810. The number of para-hydroxylation sites is 1. The molecule has 45 heavy (non-hydrogen) atoms. The average Bonchev–Trinajstić information content (AvgIpc) is 3.40. The van der Waals surface area contributed by atoms with Crippen LogP contribution in [0.25, 0.3) is 0 Å². The number of esters is 1. The third-order valence-electron chi connectivity index (χ3n) is 10.0. The van der Waals surface area contributed by atoms with Gasteiger partial charge < -0.3 is 4.74 Å². The summed E-state index contributed by atoms with van der Waals surface area (Å²) in [6.07, 6.45) is 0. The predicted octanol–water partition coefficient (Wildman–Crippen LogP) is 6.31. The Balaban J connectivity index is 1.41. The maximum absolute atomic E-state index is 14.5. The van der Waals surface area contributed by atoms with Crippen LogP contribution in [0.2, 0.25) is 0 Å². The predicted molar refractivity (Wildman–Crippen MR) is 173 cm³/mol. The largest absolute Gasteiger partial charge is 0.423 e. The minimum Gasteiger partial charge on any atom is -0.423 e. The summed E-state index contributed by atoms with van der Waals surface area (Å²) in [6, 6.07) is 19.2. The number of imide groups is 2. The molecule has 10 heteroatoms. The summed E-state index contributed by atoms with van der Waals surface area (Å²) in [5.74, 6) is -7.19. The minimum atomic E-state index is -1.52. The number of hydrogen-bond donors (Lipinski definition) is 0. The van der Waals surface area contributed by atoms with Crippen LogP contribution in [0.4, 0.5) is 11.4 Å². The molecular weight excluding hydrogens is 704 g/mol. The number of ether oxygens (including phenoxy) is 1. The fourth-order valence-corrected chi connectivity index (χ4v) is 9.65. The molecule has 2 bridgehead atoms. The smallest absolute Gasteiger partial charge is 0.339 e. The lowest BCUT2D eigenvalue weighted by molar-refractivity contribution is -0.152. The summed E-state index contributed by atoms with van der Waals surface area (Å²) in [7, 11) is 0. The molecule has 0 N–H and O–H groups in total. The van der Waals surface area contributed by atoms with Crippen LogP contribution in [0.1, 0.15) is 25.0 Å². The lowest BCUT2D eigenvalue weighted by Gasteiger charge is -2.55. The summed E-state index contributed by atoms with van der Waals surface area (Å²) in [5, 5.41) is 0. The molecule has 5 aliphatic rings. The SMILES string of the molecule is CC1=C(C(=O)Oc2ccccc2)C2(C)[C@@H]3C(=O)N(c4ccc(C)cc4Br)C(=O)[C@@H]3C1[C@@H]1C(=O)N(c3ccc(C)cc3Br)C(=O)[C@H]12. The van der Waals surface area contributed by atoms with E-state index in [2.05, 4.69) is 31.9 Å². The number of benzene rings is 3. The van der Waals surface area contributed by atoms with Gasteiger partial charge in [0.2, 0.25) is 23.6 Å². The van der Waals surface area contributed by atoms with Crippen molar-refractivity contribution < 1.29 is 28.7 Å². The van der Waals surface area contributed by atoms with E-state index in [1.54, 1.807) is 56.3 Å². The highest BCUT2D eigenvalue weighted by Gasteiger charge is 2.77. The number of hydrogen-bond acceptors (Lipinski definition) is 6. The number of halogens is 2. The van der Waals surface area contributed by atoms with Gasteiger partial charge in [-0.15, -0.1) is 0 Å². The van der Waals surface area contributed by atoms with Gasteiger partial charge in [0, 0.05) is 25.9 Å². The van der Waals surface area contributed by atoms with E-state index in [4.69, 9.17) is 4.74 Å². The van der Waals surface area contributed by atoms with Crippen molar-refractivity contribution in [3.05, 3.63) is 97.9 Å². The number of nitrogens with zero attached hydrogens (tertiary/aromatic N) is 2. The maximum Gasteiger partial charge on any atom is 0.339 e. The Morgan fingerprint density at radius 3 is 1.60 bits per heavy atom. The molecule has 3 aromatic carbocycles. The molecule has 3 aliphatic carbocycles. The molecular formula is C35H28Br2N2O6. The molecule has 3 aromatic rings. The molecule has 6 atom stereocenters. The van der Waals surface area contributed by atoms with Gasteiger partial charge in [0.25, 0.3) is 0 Å². The first kappa shape index (κ1) is 29.8. The molecule has 3 fully saturated rings. The Labute approximate surface area is 276 Å². The molecule has 0 aromatic heterocycles. The zero-order valence-electron chi connectivity index (χ0n) is 24.8. The Hall–Kier alpha value is -3.89. The van der Waals surface area contributed by atoms with Crippen LogP contribution in [-0.2, 0) is 24.0 Å². The molecule has 4 amide bonds. The molecule has 2 heterocycles. The van der Waals surface area contributed by atoms with Gasteiger partial charge in [-0.1, -0.05) is 42.8 Å². The number of amides is 4. The first-order chi connectivity index (χ1) is 21.4. The van der Waals surface area contributed by atoms with E-state index in [-0.39, 0.29) is 5.57 Å². The van der Waals surface area contributed by atoms with Crippen LogP contribution in [0.3, 0.4) is 0 Å². The maximum atomic E-state index is 14.5. The molecule has 228 valence electrons. The van der Waals surface area contributed by atoms with Crippen molar-refractivity contribution in [1.82, 2.24) is 0 Å². The number of carbonyl (C=O) groups is 5. The van der Waals surface area contributed by atoms with E-state index >= 15 is 0 Å². The highest BCUT2D eigenvalue weighted by Crippen LogP contribution is 2.69. The van der Waals surface area contributed by atoms with Crippen molar-refractivity contribution in [1.29, 1.82) is 0 Å². The van der Waals surface area contributed by atoms with Crippen molar-refractivity contribution in [2.75, 3.05) is 9.80 Å². The monoisotopic (exact) mass is 730 g/mol. The van der Waals surface area contributed by atoms with Crippen LogP contribution >= 0.6 is 31.9 Å². The van der Waals surface area contributed by atoms with Crippen LogP contribution in [0.5, 0.6) is 5.75 Å². The molecule has 2 saturated heterocycles. The van der Waals surface area contributed by atoms with Gasteiger partial charge in [-0.05, 0) is 100 Å². The standard InChI is InChI=1S/C35H28Br2N2O6/c1-16-10-12-22(20(36)14-16)38-30(40)25-24-18(3)27(34(44)45-19-8-6-5-7-9-19)35(4,28(25)32(38)42)29-26(24)31(41)39(33(29)43)23-13-11-17(2)15-21(23)37/h5-15,24-26,28-29H,1-4H3/t24?,25-,26+,28-,29-,35?/m0/s1. The van der Waals surface area contributed by atoms with Crippen molar-refractivity contribution in [2.24, 2.45) is 35.0 Å². The Kier molecular flexibility index (Phi) is 6.83. The highest BCUT2D eigenvalue weighted by molar-refractivity contribution is 9.11. The highest BCUT2D eigenvalue weighted by atomic mass is 79.9. The molecule has 1 saturated carbocycles. The summed E-state index contributed by atoms with van der Waals surface area (Å²) < 4.78 is 6.95. The van der Waals surface area contributed by atoms with E-state index in [9.17, 15) is 24.0 Å². The summed E-state index contributed by atoms with van der Waals surface area (Å²) in [5.41, 5.74) is 1.79. The zero-order valence-corrected chi connectivity index (χ0v) is 28.0. The van der Waals surface area contributed by atoms with Gasteiger partial charge in [0.05, 0.1) is 35.0 Å². The number of carbonyl (C=O) groups excluding carboxylic acids is 5. The zero-order chi connectivity index (χ0) is 32.1. The van der Waals surface area contributed by atoms with Crippen LogP contribution in [0, 0.1) is 48.9 Å². The number of rotatable bonds is 4. The fourth-order valence-electron chi connectivity index (χ4n) is 8.31. The molecule has 2 aliphatic heterocycles. The van der Waals surface area contributed by atoms with Crippen molar-refractivity contribution >= 4 is 72.8 Å². The van der Waals surface area contributed by atoms with E-state index in [1.807, 2.05) is 38.1 Å². The average molecular weight is 732 g/mol. The van der Waals surface area contributed by atoms with Crippen molar-refractivity contribution in [2.45, 2.75) is 27.7 Å². The Morgan fingerprint density at radius 1 is 0.689 bits per heavy atom. The molecule has 8 nitrogen and oxygen atoms in total. The molecule has 2 unspecified atom stereocenters. The lowest BCUT2D eigenvalue weighted by atomic mass is 9.43. The fraction of sp³-hybridized carbons (Fsp3) is 0.286. The van der Waals surface area contributed by atoms with E-state index < -0.39 is 64.6 Å². The van der Waals surface area contributed by atoms with Crippen molar-refractivity contribution in [3.63, 3.8) is 0 Å². The third-order valence-corrected chi connectivity index (χ3v) is 11.3. The van der Waals surface area contributed by atoms with Crippen LogP contribution < -0.4 is 14.5 Å². The number of aryl methyl sites for hydroxylation is 2. The first-order valence-electron chi connectivity index (χ1n) is 14.6. The number of anilines is 2. The van der Waals surface area contributed by atoms with E-state index in [1.165, 1.54) is 0 Å². The van der Waals surface area contributed by atoms with Gasteiger partial charge >= 0.3 is 5.97 Å². The van der Waals surface area contributed by atoms with Crippen LogP contribution in [-0.4, -0.2) is 29.6 Å². The molecule has 0 spiro atoms. The van der Waals surface area contributed by atoms with Gasteiger partial charge in [-0.25, -0.2) is 14.6 Å². The Morgan fingerprint density at radius 2 is 1.16 bits per heavy atom. The first-order valence-corrected chi connectivity index (χ1v) is 16.2. The quantitative estimate of drug-likeness (QED) is 0.177. The summed E-state index contributed by atoms with van der Waals surface area (Å²) in [4.78, 5) is 74.2. The minimum absolute atomic E-state index is 0.177. The summed E-state index contributed by atoms with van der Waals surface area (Å²) in [6.45, 7) is 7.21. The second kappa shape index (κ2) is 10.3. The normalized spacial score (nSPS) is 28.6. The molecule has 0 radical (unpaired) electrons.